The normalized spacial score (nSPS) is 24.3. The van der Waals surface area contributed by atoms with Crippen molar-refractivity contribution in [1.82, 2.24) is 15.1 Å². The molecule has 118 valence electrons. The van der Waals surface area contributed by atoms with Crippen LogP contribution in [0.25, 0.3) is 0 Å². The highest BCUT2D eigenvalue weighted by Crippen LogP contribution is 2.22. The minimum Gasteiger partial charge on any atom is -0.315 e. The van der Waals surface area contributed by atoms with Gasteiger partial charge in [-0.05, 0) is 77.2 Å². The second-order valence-corrected chi connectivity index (χ2v) is 6.75. The molecule has 0 bridgehead atoms. The first-order valence-corrected chi connectivity index (χ1v) is 9.00. The van der Waals surface area contributed by atoms with E-state index in [0.29, 0.717) is 0 Å². The Balaban J connectivity index is 1.66. The number of hydrogen-bond donors (Lipinski definition) is 1. The average molecular weight is 281 g/mol. The van der Waals surface area contributed by atoms with E-state index in [1.165, 1.54) is 84.3 Å². The summed E-state index contributed by atoms with van der Waals surface area (Å²) in [6.07, 6.45) is 8.23. The van der Waals surface area contributed by atoms with E-state index >= 15 is 0 Å². The van der Waals surface area contributed by atoms with Gasteiger partial charge in [-0.3, -0.25) is 4.90 Å². The summed E-state index contributed by atoms with van der Waals surface area (Å²) in [6, 6.07) is 0.759. The topological polar surface area (TPSA) is 18.5 Å². The molecule has 2 heterocycles. The third-order valence-corrected chi connectivity index (χ3v) is 5.16. The molecule has 0 aromatic carbocycles. The standard InChI is InChI=1S/C17H35N3/c1-3-9-18-14-17(4-2)20-12-7-16(8-13-20)15-19-10-5-6-11-19/h16-18H,3-15H2,1-2H3. The SMILES string of the molecule is CCCNCC(CC)N1CCC(CN2CCCC2)CC1. The van der Waals surface area contributed by atoms with E-state index in [0.717, 1.165) is 12.0 Å². The van der Waals surface area contributed by atoms with Crippen molar-refractivity contribution in [3.05, 3.63) is 0 Å². The molecule has 0 spiro atoms. The summed E-state index contributed by atoms with van der Waals surface area (Å²) in [7, 11) is 0. The molecular formula is C17H35N3. The van der Waals surface area contributed by atoms with Crippen LogP contribution in [-0.2, 0) is 0 Å². The number of piperidine rings is 1. The Morgan fingerprint density at radius 1 is 1.05 bits per heavy atom. The first-order chi connectivity index (χ1) is 9.83. The first kappa shape index (κ1) is 16.3. The molecule has 20 heavy (non-hydrogen) atoms. The Kier molecular flexibility index (Phi) is 7.32. The van der Waals surface area contributed by atoms with Crippen molar-refractivity contribution in [3.8, 4) is 0 Å². The van der Waals surface area contributed by atoms with Crippen LogP contribution in [0.15, 0.2) is 0 Å². The van der Waals surface area contributed by atoms with E-state index in [-0.39, 0.29) is 0 Å². The van der Waals surface area contributed by atoms with Crippen molar-refractivity contribution in [2.75, 3.05) is 45.8 Å². The molecule has 3 heteroatoms. The Labute approximate surface area is 126 Å². The average Bonchev–Trinajstić information content (AvgIpc) is 2.98. The Morgan fingerprint density at radius 3 is 2.35 bits per heavy atom. The highest BCUT2D eigenvalue weighted by molar-refractivity contribution is 4.81. The molecule has 2 aliphatic heterocycles. The monoisotopic (exact) mass is 281 g/mol. The predicted octanol–water partition coefficient (Wildman–Crippen LogP) is 2.57. The van der Waals surface area contributed by atoms with Gasteiger partial charge in [0.05, 0.1) is 0 Å². The molecule has 1 unspecified atom stereocenters. The molecule has 2 saturated heterocycles. The number of nitrogens with zero attached hydrogens (tertiary/aromatic N) is 2. The molecule has 3 nitrogen and oxygen atoms in total. The Bertz CT molecular complexity index is 243. The Hall–Kier alpha value is -0.120. The zero-order chi connectivity index (χ0) is 14.2. The fraction of sp³-hybridized carbons (Fsp3) is 1.00. The van der Waals surface area contributed by atoms with Gasteiger partial charge >= 0.3 is 0 Å². The molecule has 1 N–H and O–H groups in total. The van der Waals surface area contributed by atoms with Crippen molar-refractivity contribution in [3.63, 3.8) is 0 Å². The van der Waals surface area contributed by atoms with E-state index < -0.39 is 0 Å². The molecule has 0 aromatic rings. The summed E-state index contributed by atoms with van der Waals surface area (Å²) in [6.45, 7) is 13.7. The minimum atomic E-state index is 0.759. The molecule has 0 radical (unpaired) electrons. The molecule has 0 saturated carbocycles. The molecule has 2 fully saturated rings. The maximum absolute atomic E-state index is 3.60. The second-order valence-electron chi connectivity index (χ2n) is 6.75. The van der Waals surface area contributed by atoms with Gasteiger partial charge in [0.2, 0.25) is 0 Å². The smallest absolute Gasteiger partial charge is 0.0218 e. The fourth-order valence-corrected chi connectivity index (χ4v) is 3.81. The van der Waals surface area contributed by atoms with Crippen LogP contribution in [0.3, 0.4) is 0 Å². The van der Waals surface area contributed by atoms with Gasteiger partial charge in [-0.2, -0.15) is 0 Å². The quantitative estimate of drug-likeness (QED) is 0.690. The number of hydrogen-bond acceptors (Lipinski definition) is 3. The van der Waals surface area contributed by atoms with Gasteiger partial charge in [0.1, 0.15) is 0 Å². The molecule has 2 aliphatic rings. The van der Waals surface area contributed by atoms with Crippen LogP contribution in [0.1, 0.15) is 52.4 Å². The lowest BCUT2D eigenvalue weighted by molar-refractivity contribution is 0.111. The summed E-state index contributed by atoms with van der Waals surface area (Å²) in [5.41, 5.74) is 0. The van der Waals surface area contributed by atoms with Crippen LogP contribution in [0.2, 0.25) is 0 Å². The molecular weight excluding hydrogens is 246 g/mol. The van der Waals surface area contributed by atoms with Crippen molar-refractivity contribution >= 4 is 0 Å². The first-order valence-electron chi connectivity index (χ1n) is 9.00. The highest BCUT2D eigenvalue weighted by Gasteiger charge is 2.25. The third-order valence-electron chi connectivity index (χ3n) is 5.16. The molecule has 0 aromatic heterocycles. The van der Waals surface area contributed by atoms with Crippen LogP contribution in [0.4, 0.5) is 0 Å². The summed E-state index contributed by atoms with van der Waals surface area (Å²) in [4.78, 5) is 5.43. The van der Waals surface area contributed by atoms with Crippen LogP contribution >= 0.6 is 0 Å². The summed E-state index contributed by atoms with van der Waals surface area (Å²) in [5.74, 6) is 0.963. The summed E-state index contributed by atoms with van der Waals surface area (Å²) in [5, 5.41) is 3.60. The van der Waals surface area contributed by atoms with Gasteiger partial charge in [-0.1, -0.05) is 13.8 Å². The van der Waals surface area contributed by atoms with E-state index in [4.69, 9.17) is 0 Å². The van der Waals surface area contributed by atoms with E-state index in [1.54, 1.807) is 0 Å². The molecule has 0 aliphatic carbocycles. The molecule has 1 atom stereocenters. The second kappa shape index (κ2) is 9.01. The lowest BCUT2D eigenvalue weighted by atomic mass is 9.94. The van der Waals surface area contributed by atoms with Crippen molar-refractivity contribution < 1.29 is 0 Å². The number of nitrogens with one attached hydrogen (secondary N) is 1. The number of likely N-dealkylation sites (tertiary alicyclic amines) is 2. The van der Waals surface area contributed by atoms with E-state index in [1.807, 2.05) is 0 Å². The lowest BCUT2D eigenvalue weighted by Crippen LogP contribution is -2.47. The third kappa shape index (κ3) is 5.01. The maximum atomic E-state index is 3.60. The predicted molar refractivity (Wildman–Crippen MR) is 87.2 cm³/mol. The van der Waals surface area contributed by atoms with Crippen LogP contribution in [-0.4, -0.2) is 61.7 Å². The summed E-state index contributed by atoms with van der Waals surface area (Å²) >= 11 is 0. The van der Waals surface area contributed by atoms with Gasteiger partial charge < -0.3 is 10.2 Å². The maximum Gasteiger partial charge on any atom is 0.0218 e. The van der Waals surface area contributed by atoms with E-state index in [9.17, 15) is 0 Å². The minimum absolute atomic E-state index is 0.759. The Morgan fingerprint density at radius 2 is 1.75 bits per heavy atom. The fourth-order valence-electron chi connectivity index (χ4n) is 3.81. The summed E-state index contributed by atoms with van der Waals surface area (Å²) < 4.78 is 0. The molecule has 2 rings (SSSR count). The van der Waals surface area contributed by atoms with Gasteiger partial charge in [-0.15, -0.1) is 0 Å². The van der Waals surface area contributed by atoms with Gasteiger partial charge in [0.15, 0.2) is 0 Å². The zero-order valence-electron chi connectivity index (χ0n) is 13.7. The lowest BCUT2D eigenvalue weighted by Gasteiger charge is -2.38. The van der Waals surface area contributed by atoms with E-state index in [2.05, 4.69) is 29.0 Å². The van der Waals surface area contributed by atoms with Crippen molar-refractivity contribution in [1.29, 1.82) is 0 Å². The van der Waals surface area contributed by atoms with Gasteiger partial charge in [0, 0.05) is 19.1 Å². The van der Waals surface area contributed by atoms with Gasteiger partial charge in [0.25, 0.3) is 0 Å². The van der Waals surface area contributed by atoms with Gasteiger partial charge in [-0.25, -0.2) is 0 Å². The van der Waals surface area contributed by atoms with Crippen LogP contribution in [0.5, 0.6) is 0 Å². The highest BCUT2D eigenvalue weighted by atomic mass is 15.2. The molecule has 0 amide bonds. The van der Waals surface area contributed by atoms with Crippen molar-refractivity contribution in [2.45, 2.75) is 58.4 Å². The number of rotatable bonds is 8. The van der Waals surface area contributed by atoms with Crippen LogP contribution in [0, 0.1) is 5.92 Å². The zero-order valence-corrected chi connectivity index (χ0v) is 13.7. The van der Waals surface area contributed by atoms with Crippen LogP contribution < -0.4 is 5.32 Å². The largest absolute Gasteiger partial charge is 0.315 e. The van der Waals surface area contributed by atoms with Crippen molar-refractivity contribution in [2.24, 2.45) is 5.92 Å².